The predicted octanol–water partition coefficient (Wildman–Crippen LogP) is 5.45. The molecule has 0 saturated heterocycles. The number of fused-ring (bicyclic) bond motifs is 4. The van der Waals surface area contributed by atoms with Gasteiger partial charge in [-0.3, -0.25) is 0 Å². The number of carbonyl (C=O) groups is 1. The van der Waals surface area contributed by atoms with Gasteiger partial charge in [-0.2, -0.15) is 0 Å². The van der Waals surface area contributed by atoms with E-state index in [2.05, 4.69) is 0 Å². The summed E-state index contributed by atoms with van der Waals surface area (Å²) in [5.74, 6) is 0.676. The molecule has 4 aliphatic rings. The third-order valence-electron chi connectivity index (χ3n) is 5.91. The molecule has 5 rings (SSSR count). The first-order valence-electron chi connectivity index (χ1n) is 8.42. The van der Waals surface area contributed by atoms with Gasteiger partial charge in [-0.1, -0.05) is 29.3 Å². The Morgan fingerprint density at radius 3 is 2.57 bits per heavy atom. The van der Waals surface area contributed by atoms with E-state index >= 15 is 0 Å². The highest BCUT2D eigenvalue weighted by Gasteiger charge is 2.41. The van der Waals surface area contributed by atoms with E-state index in [0.29, 0.717) is 28.6 Å². The molecule has 2 bridgehead atoms. The summed E-state index contributed by atoms with van der Waals surface area (Å²) in [4.78, 5) is 12.6. The fraction of sp³-hybridized carbons (Fsp3) is 0.526. The number of ether oxygens (including phenoxy) is 1. The van der Waals surface area contributed by atoms with Gasteiger partial charge >= 0.3 is 5.97 Å². The van der Waals surface area contributed by atoms with Crippen LogP contribution in [0.15, 0.2) is 18.2 Å². The van der Waals surface area contributed by atoms with Crippen molar-refractivity contribution in [1.29, 1.82) is 0 Å². The van der Waals surface area contributed by atoms with Gasteiger partial charge in [-0.25, -0.2) is 4.79 Å². The monoisotopic (exact) mass is 350 g/mol. The van der Waals surface area contributed by atoms with Gasteiger partial charge in [-0.15, -0.1) is 0 Å². The SMILES string of the molecule is O=C(OCC12CCC(CC1)CC2)C1=CCc2cc(Cl)cc(Cl)c21. The first kappa shape index (κ1) is 15.5. The Balaban J connectivity index is 1.47. The van der Waals surface area contributed by atoms with Gasteiger partial charge in [-0.05, 0) is 68.6 Å². The molecule has 0 N–H and O–H groups in total. The van der Waals surface area contributed by atoms with Crippen molar-refractivity contribution in [2.24, 2.45) is 11.3 Å². The van der Waals surface area contributed by atoms with E-state index in [9.17, 15) is 4.79 Å². The molecule has 1 aromatic rings. The van der Waals surface area contributed by atoms with E-state index in [-0.39, 0.29) is 11.4 Å². The Morgan fingerprint density at radius 2 is 1.87 bits per heavy atom. The van der Waals surface area contributed by atoms with Crippen molar-refractivity contribution < 1.29 is 9.53 Å². The van der Waals surface area contributed by atoms with Gasteiger partial charge in [0.25, 0.3) is 0 Å². The predicted molar refractivity (Wildman–Crippen MR) is 92.7 cm³/mol. The normalized spacial score (nSPS) is 28.4. The molecule has 0 amide bonds. The van der Waals surface area contributed by atoms with Gasteiger partial charge in [0, 0.05) is 16.0 Å². The minimum Gasteiger partial charge on any atom is -0.461 e. The molecule has 0 aromatic heterocycles. The lowest BCUT2D eigenvalue weighted by Gasteiger charge is -2.46. The fourth-order valence-electron chi connectivity index (χ4n) is 4.44. The Kier molecular flexibility index (Phi) is 3.93. The van der Waals surface area contributed by atoms with Gasteiger partial charge < -0.3 is 4.74 Å². The fourth-order valence-corrected chi connectivity index (χ4v) is 5.08. The standard InChI is InChI=1S/C19H20Cl2O2/c20-14-9-13-1-2-15(17(13)16(21)10-14)18(22)23-11-19-6-3-12(4-7-19)5-8-19/h2,9-10,12H,1,3-8,11H2. The molecule has 3 saturated carbocycles. The lowest BCUT2D eigenvalue weighted by Crippen LogP contribution is -2.38. The zero-order valence-corrected chi connectivity index (χ0v) is 14.6. The Bertz CT molecular complexity index is 671. The highest BCUT2D eigenvalue weighted by atomic mass is 35.5. The van der Waals surface area contributed by atoms with Gasteiger partial charge in [0.15, 0.2) is 0 Å². The van der Waals surface area contributed by atoms with Crippen molar-refractivity contribution in [2.75, 3.05) is 6.61 Å². The number of benzene rings is 1. The summed E-state index contributed by atoms with van der Waals surface area (Å²) in [6, 6.07) is 3.57. The molecular formula is C19H20Cl2O2. The van der Waals surface area contributed by atoms with Crippen LogP contribution in [0, 0.1) is 11.3 Å². The Hall–Kier alpha value is -0.990. The maximum absolute atomic E-state index is 12.6. The van der Waals surface area contributed by atoms with E-state index in [1.807, 2.05) is 12.1 Å². The topological polar surface area (TPSA) is 26.3 Å². The van der Waals surface area contributed by atoms with Crippen LogP contribution < -0.4 is 0 Å². The minimum absolute atomic E-state index is 0.232. The number of hydrogen-bond acceptors (Lipinski definition) is 2. The van der Waals surface area contributed by atoms with Crippen LogP contribution in [0.1, 0.15) is 49.7 Å². The van der Waals surface area contributed by atoms with Crippen LogP contribution >= 0.6 is 23.2 Å². The zero-order valence-electron chi connectivity index (χ0n) is 13.0. The second kappa shape index (κ2) is 5.82. The molecular weight excluding hydrogens is 331 g/mol. The third-order valence-corrected chi connectivity index (χ3v) is 6.43. The number of halogens is 2. The molecule has 2 nitrogen and oxygen atoms in total. The largest absolute Gasteiger partial charge is 0.461 e. The second-order valence-electron chi connectivity index (χ2n) is 7.30. The molecule has 0 radical (unpaired) electrons. The van der Waals surface area contributed by atoms with Crippen molar-refractivity contribution in [2.45, 2.75) is 44.9 Å². The number of allylic oxidation sites excluding steroid dienone is 1. The van der Waals surface area contributed by atoms with Crippen molar-refractivity contribution in [3.8, 4) is 0 Å². The smallest absolute Gasteiger partial charge is 0.338 e. The van der Waals surface area contributed by atoms with Crippen LogP contribution in [0.5, 0.6) is 0 Å². The van der Waals surface area contributed by atoms with Gasteiger partial charge in [0.05, 0.1) is 17.2 Å². The molecule has 4 heteroatoms. The van der Waals surface area contributed by atoms with Gasteiger partial charge in [0.1, 0.15) is 0 Å². The summed E-state index contributed by atoms with van der Waals surface area (Å²) in [6.45, 7) is 0.552. The molecule has 0 spiro atoms. The van der Waals surface area contributed by atoms with Crippen LogP contribution in [-0.4, -0.2) is 12.6 Å². The molecule has 23 heavy (non-hydrogen) atoms. The number of carbonyl (C=O) groups excluding carboxylic acids is 1. The van der Waals surface area contributed by atoms with Crippen LogP contribution in [-0.2, 0) is 16.0 Å². The van der Waals surface area contributed by atoms with Crippen molar-refractivity contribution in [3.63, 3.8) is 0 Å². The average molecular weight is 351 g/mol. The summed E-state index contributed by atoms with van der Waals surface area (Å²) < 4.78 is 5.73. The summed E-state index contributed by atoms with van der Waals surface area (Å²) in [5, 5.41) is 1.14. The number of hydrogen-bond donors (Lipinski definition) is 0. The maximum atomic E-state index is 12.6. The average Bonchev–Trinajstić information content (AvgIpc) is 2.98. The zero-order chi connectivity index (χ0) is 16.0. The van der Waals surface area contributed by atoms with Crippen molar-refractivity contribution >= 4 is 34.7 Å². The first-order valence-corrected chi connectivity index (χ1v) is 9.17. The molecule has 1 aromatic carbocycles. The van der Waals surface area contributed by atoms with E-state index in [0.717, 1.165) is 17.0 Å². The quantitative estimate of drug-likeness (QED) is 0.677. The van der Waals surface area contributed by atoms with E-state index in [1.165, 1.54) is 38.5 Å². The molecule has 122 valence electrons. The molecule has 0 unspecified atom stereocenters. The summed E-state index contributed by atoms with van der Waals surface area (Å²) in [6.07, 6.45) is 10.1. The van der Waals surface area contributed by atoms with Gasteiger partial charge in [0.2, 0.25) is 0 Å². The summed E-state index contributed by atoms with van der Waals surface area (Å²) >= 11 is 12.3. The number of esters is 1. The highest BCUT2D eigenvalue weighted by molar-refractivity contribution is 6.37. The van der Waals surface area contributed by atoms with Crippen LogP contribution in [0.4, 0.5) is 0 Å². The van der Waals surface area contributed by atoms with Crippen molar-refractivity contribution in [1.82, 2.24) is 0 Å². The van der Waals surface area contributed by atoms with Crippen molar-refractivity contribution in [3.05, 3.63) is 39.4 Å². The van der Waals surface area contributed by atoms with Crippen LogP contribution in [0.2, 0.25) is 10.0 Å². The minimum atomic E-state index is -0.241. The first-order chi connectivity index (χ1) is 11.1. The van der Waals surface area contributed by atoms with Crippen LogP contribution in [0.3, 0.4) is 0 Å². The molecule has 3 fully saturated rings. The van der Waals surface area contributed by atoms with E-state index in [1.54, 1.807) is 6.07 Å². The molecule has 4 aliphatic carbocycles. The second-order valence-corrected chi connectivity index (χ2v) is 8.15. The van der Waals surface area contributed by atoms with E-state index in [4.69, 9.17) is 27.9 Å². The molecule has 0 atom stereocenters. The highest BCUT2D eigenvalue weighted by Crippen LogP contribution is 2.50. The van der Waals surface area contributed by atoms with Crippen LogP contribution in [0.25, 0.3) is 5.57 Å². The summed E-state index contributed by atoms with van der Waals surface area (Å²) in [5.41, 5.74) is 2.63. The lowest BCUT2D eigenvalue weighted by molar-refractivity contribution is -0.142. The number of rotatable bonds is 3. The molecule has 0 aliphatic heterocycles. The molecule has 0 heterocycles. The Morgan fingerprint density at radius 1 is 1.17 bits per heavy atom. The lowest BCUT2D eigenvalue weighted by atomic mass is 9.61. The van der Waals surface area contributed by atoms with E-state index < -0.39 is 0 Å². The summed E-state index contributed by atoms with van der Waals surface area (Å²) in [7, 11) is 0. The third kappa shape index (κ3) is 2.81. The Labute approximate surface area is 146 Å². The maximum Gasteiger partial charge on any atom is 0.338 e.